The number of anilines is 1. The molecule has 2 atom stereocenters. The number of sulfonamides is 1. The third-order valence-corrected chi connectivity index (χ3v) is 9.34. The predicted octanol–water partition coefficient (Wildman–Crippen LogP) is 7.46. The van der Waals surface area contributed by atoms with Crippen LogP contribution in [0.25, 0.3) is 10.9 Å². The maximum Gasteiger partial charge on any atom is 0.338 e. The average molecular weight is 585 g/mol. The summed E-state index contributed by atoms with van der Waals surface area (Å²) in [6.07, 6.45) is 5.16. The van der Waals surface area contributed by atoms with E-state index in [4.69, 9.17) is 4.74 Å². The van der Waals surface area contributed by atoms with Crippen LogP contribution in [0.2, 0.25) is 0 Å². The van der Waals surface area contributed by atoms with Crippen LogP contribution < -0.4 is 4.72 Å². The number of ether oxygens (including phenoxy) is 1. The Morgan fingerprint density at radius 1 is 0.976 bits per heavy atom. The van der Waals surface area contributed by atoms with Crippen LogP contribution in [-0.2, 0) is 26.0 Å². The van der Waals surface area contributed by atoms with Gasteiger partial charge in [0, 0.05) is 29.6 Å². The minimum atomic E-state index is -3.95. The number of carbonyl (C=O) groups excluding carboxylic acids is 1. The van der Waals surface area contributed by atoms with Crippen molar-refractivity contribution in [3.8, 4) is 0 Å². The van der Waals surface area contributed by atoms with Crippen molar-refractivity contribution < 1.29 is 23.1 Å². The van der Waals surface area contributed by atoms with Gasteiger partial charge < -0.3 is 9.84 Å². The highest BCUT2D eigenvalue weighted by Crippen LogP contribution is 2.42. The Hall–Kier alpha value is -4.17. The summed E-state index contributed by atoms with van der Waals surface area (Å²) in [7, 11) is -3.95. The molecule has 5 rings (SSSR count). The van der Waals surface area contributed by atoms with Crippen LogP contribution >= 0.6 is 0 Å². The number of nitrogens with one attached hydrogen (secondary N) is 1. The van der Waals surface area contributed by atoms with Gasteiger partial charge in [0.15, 0.2) is 0 Å². The molecule has 0 spiro atoms. The lowest BCUT2D eigenvalue weighted by Crippen LogP contribution is -2.41. The number of esters is 1. The number of carbonyl (C=O) groups is 1. The number of rotatable bonds is 11. The first-order valence-electron chi connectivity index (χ1n) is 14.4. The molecule has 0 saturated heterocycles. The Kier molecular flexibility index (Phi) is 8.64. The first kappa shape index (κ1) is 29.3. The summed E-state index contributed by atoms with van der Waals surface area (Å²) < 4.78 is 35.6. The highest BCUT2D eigenvalue weighted by Gasteiger charge is 2.43. The van der Waals surface area contributed by atoms with Crippen LogP contribution in [-0.4, -0.2) is 30.1 Å². The van der Waals surface area contributed by atoms with Crippen LogP contribution in [0.5, 0.6) is 0 Å². The highest BCUT2D eigenvalue weighted by molar-refractivity contribution is 7.93. The number of pyridine rings is 1. The predicted molar refractivity (Wildman–Crippen MR) is 165 cm³/mol. The molecule has 0 amide bonds. The fraction of sp³-hybridized carbons (Fsp3) is 0.294. The molecular weight excluding hydrogens is 548 g/mol. The molecule has 0 aliphatic carbocycles. The number of nitrogens with zero attached hydrogens (tertiary/aromatic N) is 1. The second-order valence-electron chi connectivity index (χ2n) is 10.9. The lowest BCUT2D eigenvalue weighted by Gasteiger charge is -2.38. The fourth-order valence-electron chi connectivity index (χ4n) is 5.95. The summed E-state index contributed by atoms with van der Waals surface area (Å²) in [6, 6.07) is 25.6. The summed E-state index contributed by atoms with van der Waals surface area (Å²) in [5.74, 6) is -0.928. The van der Waals surface area contributed by atoms with Gasteiger partial charge in [-0.15, -0.1) is 0 Å². The number of aliphatic hydroxyl groups is 1. The van der Waals surface area contributed by atoms with Crippen LogP contribution in [0.1, 0.15) is 63.0 Å². The van der Waals surface area contributed by atoms with E-state index in [1.54, 1.807) is 36.5 Å². The standard InChI is InChI=1S/C34H36N2O5S/c1-3-19-34(20-18-24-11-6-5-7-12-24)23-29(37)31(33(38)41-34)28(4-2)26-14-8-16-27(22-26)36-42(39,40)30-17-9-13-25-15-10-21-35-32(25)30/h5-17,21-22,28,36-37H,3-4,18-20,23H2,1-2H3. The van der Waals surface area contributed by atoms with Gasteiger partial charge in [0.05, 0.1) is 11.1 Å². The van der Waals surface area contributed by atoms with E-state index in [9.17, 15) is 18.3 Å². The zero-order chi connectivity index (χ0) is 29.7. The van der Waals surface area contributed by atoms with Crippen molar-refractivity contribution in [1.29, 1.82) is 0 Å². The van der Waals surface area contributed by atoms with Crippen LogP contribution in [0.15, 0.2) is 107 Å². The minimum absolute atomic E-state index is 0.0485. The van der Waals surface area contributed by atoms with Gasteiger partial charge >= 0.3 is 5.97 Å². The second-order valence-corrected chi connectivity index (χ2v) is 12.5. The Balaban J connectivity index is 1.41. The van der Waals surface area contributed by atoms with Crippen molar-refractivity contribution >= 4 is 32.6 Å². The normalized spacial score (nSPS) is 18.1. The number of aromatic nitrogens is 1. The number of benzene rings is 3. The molecule has 0 saturated carbocycles. The molecular formula is C34H36N2O5S. The SMILES string of the molecule is CCCC1(CCc2ccccc2)CC(O)=C(C(CC)c2cccc(NS(=O)(=O)c3cccc4cccnc34)c2)C(=O)O1. The van der Waals surface area contributed by atoms with Gasteiger partial charge in [0.25, 0.3) is 10.0 Å². The van der Waals surface area contributed by atoms with Crippen molar-refractivity contribution in [3.05, 3.63) is 114 Å². The molecule has 0 bridgehead atoms. The molecule has 2 heterocycles. The van der Waals surface area contributed by atoms with E-state index in [-0.39, 0.29) is 22.6 Å². The maximum absolute atomic E-state index is 13.5. The first-order chi connectivity index (χ1) is 20.2. The zero-order valence-corrected chi connectivity index (χ0v) is 24.7. The molecule has 2 unspecified atom stereocenters. The molecule has 218 valence electrons. The molecule has 0 radical (unpaired) electrons. The van der Waals surface area contributed by atoms with Gasteiger partial charge in [-0.3, -0.25) is 9.71 Å². The summed E-state index contributed by atoms with van der Waals surface area (Å²) in [6.45, 7) is 3.98. The molecule has 1 aliphatic rings. The number of hydrogen-bond acceptors (Lipinski definition) is 6. The fourth-order valence-corrected chi connectivity index (χ4v) is 7.18. The lowest BCUT2D eigenvalue weighted by atomic mass is 9.80. The summed E-state index contributed by atoms with van der Waals surface area (Å²) in [4.78, 5) is 17.9. The number of aliphatic hydroxyl groups excluding tert-OH is 1. The second kappa shape index (κ2) is 12.4. The number of hydrogen-bond donors (Lipinski definition) is 2. The van der Waals surface area contributed by atoms with E-state index < -0.39 is 27.5 Å². The number of cyclic esters (lactones) is 1. The Labute approximate surface area is 247 Å². The van der Waals surface area contributed by atoms with Crippen molar-refractivity contribution in [2.75, 3.05) is 4.72 Å². The van der Waals surface area contributed by atoms with Crippen molar-refractivity contribution in [3.63, 3.8) is 0 Å². The van der Waals surface area contributed by atoms with Crippen LogP contribution in [0.4, 0.5) is 5.69 Å². The van der Waals surface area contributed by atoms with Gasteiger partial charge in [-0.1, -0.05) is 80.9 Å². The van der Waals surface area contributed by atoms with E-state index in [1.165, 1.54) is 6.07 Å². The lowest BCUT2D eigenvalue weighted by molar-refractivity contribution is -0.161. The molecule has 1 aromatic heterocycles. The largest absolute Gasteiger partial charge is 0.512 e. The molecule has 4 aromatic rings. The van der Waals surface area contributed by atoms with Gasteiger partial charge in [-0.2, -0.15) is 0 Å². The Bertz CT molecular complexity index is 1710. The van der Waals surface area contributed by atoms with Gasteiger partial charge in [-0.05, 0) is 61.1 Å². The first-order valence-corrected chi connectivity index (χ1v) is 15.9. The van der Waals surface area contributed by atoms with E-state index in [0.717, 1.165) is 23.8 Å². The van der Waals surface area contributed by atoms with Gasteiger partial charge in [-0.25, -0.2) is 13.2 Å². The summed E-state index contributed by atoms with van der Waals surface area (Å²) in [5.41, 5.74) is 2.08. The number of fused-ring (bicyclic) bond motifs is 1. The van der Waals surface area contributed by atoms with E-state index >= 15 is 0 Å². The zero-order valence-electron chi connectivity index (χ0n) is 23.9. The molecule has 2 N–H and O–H groups in total. The van der Waals surface area contributed by atoms with Gasteiger partial charge in [0.1, 0.15) is 16.3 Å². The monoisotopic (exact) mass is 584 g/mol. The third-order valence-electron chi connectivity index (χ3n) is 7.93. The molecule has 42 heavy (non-hydrogen) atoms. The van der Waals surface area contributed by atoms with E-state index in [1.807, 2.05) is 50.2 Å². The Morgan fingerprint density at radius 3 is 2.48 bits per heavy atom. The minimum Gasteiger partial charge on any atom is -0.512 e. The van der Waals surface area contributed by atoms with E-state index in [2.05, 4.69) is 21.8 Å². The van der Waals surface area contributed by atoms with Crippen molar-refractivity contribution in [2.45, 2.75) is 68.8 Å². The van der Waals surface area contributed by atoms with Crippen LogP contribution in [0.3, 0.4) is 0 Å². The summed E-state index contributed by atoms with van der Waals surface area (Å²) in [5, 5.41) is 12.1. The van der Waals surface area contributed by atoms with Crippen molar-refractivity contribution in [1.82, 2.24) is 4.98 Å². The average Bonchev–Trinajstić information content (AvgIpc) is 2.98. The van der Waals surface area contributed by atoms with Crippen LogP contribution in [0, 0.1) is 0 Å². The molecule has 1 aliphatic heterocycles. The number of para-hydroxylation sites is 1. The van der Waals surface area contributed by atoms with Crippen molar-refractivity contribution in [2.24, 2.45) is 0 Å². The number of aryl methyl sites for hydroxylation is 1. The quantitative estimate of drug-likeness (QED) is 0.177. The molecule has 7 nitrogen and oxygen atoms in total. The third kappa shape index (κ3) is 6.19. The maximum atomic E-state index is 13.5. The highest BCUT2D eigenvalue weighted by atomic mass is 32.2. The molecule has 8 heteroatoms. The summed E-state index contributed by atoms with van der Waals surface area (Å²) >= 11 is 0. The molecule has 3 aromatic carbocycles. The Morgan fingerprint density at radius 2 is 1.74 bits per heavy atom. The smallest absolute Gasteiger partial charge is 0.338 e. The van der Waals surface area contributed by atoms with Gasteiger partial charge in [0.2, 0.25) is 0 Å². The van der Waals surface area contributed by atoms with E-state index in [0.29, 0.717) is 36.0 Å². The molecule has 0 fully saturated rings. The topological polar surface area (TPSA) is 106 Å².